The Bertz CT molecular complexity index is 1740. The Kier molecular flexibility index (Phi) is 6.44. The van der Waals surface area contributed by atoms with Crippen molar-refractivity contribution < 1.29 is 35.9 Å². The lowest BCUT2D eigenvalue weighted by Gasteiger charge is -2.09. The maximum Gasteiger partial charge on any atom is 0.416 e. The number of halogens is 6. The van der Waals surface area contributed by atoms with E-state index in [1.165, 1.54) is 24.5 Å². The number of amides is 2. The van der Waals surface area contributed by atoms with Crippen molar-refractivity contribution >= 4 is 62.1 Å². The number of thiocarbonyl (C=S) groups is 1. The van der Waals surface area contributed by atoms with Crippen LogP contribution in [0.4, 0.5) is 26.3 Å². The number of aromatic nitrogens is 2. The minimum Gasteiger partial charge on any atom is -0.361 e. The largest absolute Gasteiger partial charge is 0.416 e. The first-order valence-corrected chi connectivity index (χ1v) is 11.8. The SMILES string of the molecule is O=C1NC(=O)C(c2cn(CCCN=C=S)c3ccc(C(F)(F)F)cc23)=C1c1c[nH]c2ccc(C(F)(F)F)cc12. The molecule has 0 atom stereocenters. The zero-order chi connectivity index (χ0) is 28.1. The van der Waals surface area contributed by atoms with E-state index in [0.717, 1.165) is 24.3 Å². The number of hydrogen-bond acceptors (Lipinski definition) is 4. The predicted molar refractivity (Wildman–Crippen MR) is 135 cm³/mol. The van der Waals surface area contributed by atoms with Gasteiger partial charge >= 0.3 is 12.4 Å². The number of aryl methyl sites for hydroxylation is 1. The van der Waals surface area contributed by atoms with Crippen LogP contribution in [0.5, 0.6) is 0 Å². The van der Waals surface area contributed by atoms with Crippen LogP contribution >= 0.6 is 12.2 Å². The number of benzene rings is 2. The molecule has 3 heterocycles. The third-order valence-electron chi connectivity index (χ3n) is 6.42. The monoisotopic (exact) mass is 562 g/mol. The van der Waals surface area contributed by atoms with Gasteiger partial charge in [-0.05, 0) is 55.0 Å². The number of nitrogens with one attached hydrogen (secondary N) is 2. The van der Waals surface area contributed by atoms with Crippen molar-refractivity contribution in [2.24, 2.45) is 4.99 Å². The molecule has 5 rings (SSSR count). The summed E-state index contributed by atoms with van der Waals surface area (Å²) in [7, 11) is 0. The van der Waals surface area contributed by atoms with Gasteiger partial charge < -0.3 is 9.55 Å². The Morgan fingerprint density at radius 2 is 1.49 bits per heavy atom. The van der Waals surface area contributed by atoms with Crippen LogP contribution in [0.25, 0.3) is 33.0 Å². The molecule has 0 saturated carbocycles. The van der Waals surface area contributed by atoms with Crippen molar-refractivity contribution in [1.82, 2.24) is 14.9 Å². The Morgan fingerprint density at radius 3 is 2.13 bits per heavy atom. The van der Waals surface area contributed by atoms with Gasteiger partial charge in [-0.25, -0.2) is 4.99 Å². The van der Waals surface area contributed by atoms with Crippen molar-refractivity contribution in [2.75, 3.05) is 6.54 Å². The number of carbonyl (C=O) groups excluding carboxylic acids is 2. The number of carbonyl (C=O) groups is 2. The van der Waals surface area contributed by atoms with Crippen molar-refractivity contribution in [3.05, 3.63) is 71.0 Å². The molecule has 1 aliphatic heterocycles. The van der Waals surface area contributed by atoms with Crippen molar-refractivity contribution in [2.45, 2.75) is 25.3 Å². The summed E-state index contributed by atoms with van der Waals surface area (Å²) in [5, 5.41) is 4.45. The highest BCUT2D eigenvalue weighted by molar-refractivity contribution is 7.78. The molecule has 2 amide bonds. The summed E-state index contributed by atoms with van der Waals surface area (Å²) in [6, 6.07) is 5.97. The topological polar surface area (TPSA) is 79.2 Å². The highest BCUT2D eigenvalue weighted by Crippen LogP contribution is 2.41. The van der Waals surface area contributed by atoms with E-state index in [1.807, 2.05) is 0 Å². The minimum absolute atomic E-state index is 0.0117. The molecule has 0 bridgehead atoms. The van der Waals surface area contributed by atoms with E-state index in [1.54, 1.807) is 4.57 Å². The number of H-pyrrole nitrogens is 1. The molecule has 200 valence electrons. The number of alkyl halides is 6. The number of imide groups is 1. The van der Waals surface area contributed by atoms with E-state index in [-0.39, 0.29) is 38.6 Å². The lowest BCUT2D eigenvalue weighted by Crippen LogP contribution is -2.22. The van der Waals surface area contributed by atoms with Crippen LogP contribution in [-0.4, -0.2) is 33.1 Å². The zero-order valence-corrected chi connectivity index (χ0v) is 20.4. The molecule has 0 radical (unpaired) electrons. The third-order valence-corrected chi connectivity index (χ3v) is 6.55. The van der Waals surface area contributed by atoms with Crippen LogP contribution in [0, 0.1) is 0 Å². The molecule has 0 fully saturated rings. The van der Waals surface area contributed by atoms with Gasteiger partial charge in [0.25, 0.3) is 11.8 Å². The molecule has 0 spiro atoms. The van der Waals surface area contributed by atoms with Gasteiger partial charge in [0.1, 0.15) is 0 Å². The van der Waals surface area contributed by atoms with Crippen LogP contribution in [0.2, 0.25) is 0 Å². The molecule has 0 unspecified atom stereocenters. The number of isothiocyanates is 1. The number of aliphatic imine (C=N–C) groups is 1. The Labute approximate surface area is 221 Å². The fourth-order valence-electron chi connectivity index (χ4n) is 4.70. The van der Waals surface area contributed by atoms with E-state index >= 15 is 0 Å². The molecule has 6 nitrogen and oxygen atoms in total. The van der Waals surface area contributed by atoms with Crippen molar-refractivity contribution in [3.8, 4) is 0 Å². The molecule has 2 aromatic carbocycles. The van der Waals surface area contributed by atoms with Gasteiger partial charge in [0, 0.05) is 51.9 Å². The van der Waals surface area contributed by atoms with E-state index in [0.29, 0.717) is 25.0 Å². The normalized spacial score (nSPS) is 14.4. The van der Waals surface area contributed by atoms with Crippen LogP contribution in [0.3, 0.4) is 0 Å². The number of nitrogens with zero attached hydrogens (tertiary/aromatic N) is 2. The molecule has 0 aliphatic carbocycles. The predicted octanol–water partition coefficient (Wildman–Crippen LogP) is 6.22. The summed E-state index contributed by atoms with van der Waals surface area (Å²) in [6.07, 6.45) is -6.15. The van der Waals surface area contributed by atoms with Crippen molar-refractivity contribution in [1.29, 1.82) is 0 Å². The zero-order valence-electron chi connectivity index (χ0n) is 19.6. The summed E-state index contributed by atoms with van der Waals surface area (Å²) < 4.78 is 82.6. The molecule has 4 aromatic rings. The van der Waals surface area contributed by atoms with Crippen molar-refractivity contribution in [3.63, 3.8) is 0 Å². The van der Waals surface area contributed by atoms with Crippen LogP contribution < -0.4 is 5.32 Å². The summed E-state index contributed by atoms with van der Waals surface area (Å²) >= 11 is 4.55. The van der Waals surface area contributed by atoms with E-state index in [9.17, 15) is 35.9 Å². The first-order valence-electron chi connectivity index (χ1n) is 11.4. The molecule has 2 N–H and O–H groups in total. The molecule has 13 heteroatoms. The van der Waals surface area contributed by atoms with Gasteiger partial charge in [-0.15, -0.1) is 0 Å². The second-order valence-electron chi connectivity index (χ2n) is 8.79. The molecular weight excluding hydrogens is 546 g/mol. The summed E-state index contributed by atoms with van der Waals surface area (Å²) in [5.41, 5.74) is -1.72. The van der Waals surface area contributed by atoms with E-state index in [4.69, 9.17) is 0 Å². The number of fused-ring (bicyclic) bond motifs is 2. The summed E-state index contributed by atoms with van der Waals surface area (Å²) in [6.45, 7) is 0.603. The van der Waals surface area contributed by atoms with Gasteiger partial charge in [0.15, 0.2) is 0 Å². The molecule has 0 saturated heterocycles. The summed E-state index contributed by atoms with van der Waals surface area (Å²) in [5.74, 6) is -1.75. The Morgan fingerprint density at radius 1 is 0.872 bits per heavy atom. The highest BCUT2D eigenvalue weighted by Gasteiger charge is 2.37. The average molecular weight is 562 g/mol. The fourth-order valence-corrected chi connectivity index (χ4v) is 4.79. The number of hydrogen-bond donors (Lipinski definition) is 2. The van der Waals surface area contributed by atoms with E-state index in [2.05, 4.69) is 32.7 Å². The first kappa shape index (κ1) is 26.4. The number of aromatic amines is 1. The number of rotatable bonds is 6. The van der Waals surface area contributed by atoms with Crippen LogP contribution in [0.1, 0.15) is 28.7 Å². The average Bonchev–Trinajstić information content (AvgIpc) is 3.52. The fraction of sp³-hybridized carbons (Fsp3) is 0.192. The first-order chi connectivity index (χ1) is 18.4. The standard InChI is InChI=1S/C26H16F6N4O2S/c27-25(28,29)13-2-4-19-15(8-13)17(10-34-19)21-22(24(38)35-23(21)37)18-11-36(7-1-6-33-12-39)20-5-3-14(9-16(18)20)26(30,31)32/h2-5,8-11,34H,1,6-7H2,(H,35,37,38). The quantitative estimate of drug-likeness (QED) is 0.0963. The van der Waals surface area contributed by atoms with Gasteiger partial charge in [0.05, 0.1) is 34.0 Å². The molecule has 1 aliphatic rings. The van der Waals surface area contributed by atoms with Crippen LogP contribution in [0.15, 0.2) is 53.8 Å². The maximum absolute atomic E-state index is 13.6. The van der Waals surface area contributed by atoms with Gasteiger partial charge in [-0.2, -0.15) is 26.3 Å². The lowest BCUT2D eigenvalue weighted by atomic mass is 9.94. The molecule has 39 heavy (non-hydrogen) atoms. The molecular formula is C26H16F6N4O2S. The smallest absolute Gasteiger partial charge is 0.361 e. The highest BCUT2D eigenvalue weighted by atomic mass is 32.1. The third kappa shape index (κ3) is 4.75. The minimum atomic E-state index is -4.68. The van der Waals surface area contributed by atoms with Gasteiger partial charge in [0.2, 0.25) is 0 Å². The van der Waals surface area contributed by atoms with E-state index < -0.39 is 35.3 Å². The lowest BCUT2D eigenvalue weighted by molar-refractivity contribution is -0.138. The second-order valence-corrected chi connectivity index (χ2v) is 8.97. The van der Waals surface area contributed by atoms with Gasteiger partial charge in [-0.3, -0.25) is 14.9 Å². The van der Waals surface area contributed by atoms with Crippen LogP contribution in [-0.2, 0) is 28.5 Å². The Balaban J connectivity index is 1.77. The Hall–Kier alpha value is -4.22. The van der Waals surface area contributed by atoms with Gasteiger partial charge in [-0.1, -0.05) is 0 Å². The maximum atomic E-state index is 13.6. The molecule has 2 aromatic heterocycles. The summed E-state index contributed by atoms with van der Waals surface area (Å²) in [4.78, 5) is 32.6. The second kappa shape index (κ2) is 9.51.